The Morgan fingerprint density at radius 2 is 1.55 bits per heavy atom. The van der Waals surface area contributed by atoms with Gasteiger partial charge in [-0.1, -0.05) is 60.8 Å². The van der Waals surface area contributed by atoms with Gasteiger partial charge in [0.25, 0.3) is 17.7 Å². The molecule has 0 fully saturated rings. The fourth-order valence-electron chi connectivity index (χ4n) is 3.67. The van der Waals surface area contributed by atoms with Crippen molar-refractivity contribution in [2.24, 2.45) is 0 Å². The molecule has 0 saturated heterocycles. The van der Waals surface area contributed by atoms with Crippen LogP contribution in [0.15, 0.2) is 83.5 Å². The van der Waals surface area contributed by atoms with Gasteiger partial charge < -0.3 is 15.4 Å². The van der Waals surface area contributed by atoms with Gasteiger partial charge in [-0.05, 0) is 55.0 Å². The SMILES string of the molecule is CCCCOC(=O)c1cccc(NC(=O)c2cccc(NC3=C(Cl)C(=O)N(c4ccccc4Cl)C3=O)c2)c1. The Hall–Kier alpha value is -4.14. The zero-order valence-corrected chi connectivity index (χ0v) is 21.8. The first-order valence-corrected chi connectivity index (χ1v) is 12.5. The van der Waals surface area contributed by atoms with Gasteiger partial charge in [-0.15, -0.1) is 0 Å². The standard InChI is InChI=1S/C28H23Cl2N3O5/c1-2-3-14-38-28(37)18-9-7-11-20(16-18)32-25(34)17-8-6-10-19(15-17)31-24-23(30)26(35)33(27(24)36)22-13-5-4-12-21(22)29/h4-13,15-16,31H,2-3,14H2,1H3,(H,32,34). The van der Waals surface area contributed by atoms with E-state index in [1.807, 2.05) is 6.92 Å². The van der Waals surface area contributed by atoms with Gasteiger partial charge in [0.2, 0.25) is 0 Å². The fraction of sp³-hybridized carbons (Fsp3) is 0.143. The summed E-state index contributed by atoms with van der Waals surface area (Å²) in [4.78, 5) is 51.8. The van der Waals surface area contributed by atoms with Crippen LogP contribution >= 0.6 is 23.2 Å². The summed E-state index contributed by atoms with van der Waals surface area (Å²) >= 11 is 12.4. The second-order valence-corrected chi connectivity index (χ2v) is 9.10. The molecule has 3 aromatic rings. The maximum atomic E-state index is 13.0. The minimum Gasteiger partial charge on any atom is -0.462 e. The van der Waals surface area contributed by atoms with Crippen molar-refractivity contribution in [3.8, 4) is 0 Å². The number of unbranched alkanes of at least 4 members (excludes halogenated alkanes) is 1. The number of carbonyl (C=O) groups is 4. The van der Waals surface area contributed by atoms with E-state index in [4.69, 9.17) is 27.9 Å². The van der Waals surface area contributed by atoms with E-state index in [0.717, 1.165) is 17.7 Å². The Bertz CT molecular complexity index is 1450. The molecule has 1 aliphatic rings. The van der Waals surface area contributed by atoms with Crippen LogP contribution in [-0.2, 0) is 14.3 Å². The Balaban J connectivity index is 1.47. The number of nitrogens with one attached hydrogen (secondary N) is 2. The van der Waals surface area contributed by atoms with Crippen LogP contribution in [0.4, 0.5) is 17.1 Å². The average Bonchev–Trinajstić information content (AvgIpc) is 3.12. The quantitative estimate of drug-likeness (QED) is 0.192. The van der Waals surface area contributed by atoms with Crippen LogP contribution in [0.2, 0.25) is 5.02 Å². The number of imide groups is 1. The lowest BCUT2D eigenvalue weighted by Crippen LogP contribution is -2.32. The lowest BCUT2D eigenvalue weighted by atomic mass is 10.1. The number of hydrogen-bond acceptors (Lipinski definition) is 6. The zero-order chi connectivity index (χ0) is 27.2. The van der Waals surface area contributed by atoms with Gasteiger partial charge >= 0.3 is 5.97 Å². The van der Waals surface area contributed by atoms with Crippen molar-refractivity contribution in [2.75, 3.05) is 22.1 Å². The molecule has 4 rings (SSSR count). The van der Waals surface area contributed by atoms with E-state index < -0.39 is 23.7 Å². The highest BCUT2D eigenvalue weighted by molar-refractivity contribution is 6.53. The van der Waals surface area contributed by atoms with Gasteiger partial charge in [0.05, 0.1) is 22.9 Å². The lowest BCUT2D eigenvalue weighted by Gasteiger charge is -2.16. The minimum absolute atomic E-state index is 0.136. The summed E-state index contributed by atoms with van der Waals surface area (Å²) in [6.07, 6.45) is 1.68. The molecule has 38 heavy (non-hydrogen) atoms. The molecule has 0 atom stereocenters. The van der Waals surface area contributed by atoms with Gasteiger partial charge in [-0.25, -0.2) is 9.69 Å². The Morgan fingerprint density at radius 1 is 0.868 bits per heavy atom. The number of amides is 3. The number of anilines is 3. The molecule has 0 bridgehead atoms. The highest BCUT2D eigenvalue weighted by Crippen LogP contribution is 2.34. The van der Waals surface area contributed by atoms with Gasteiger partial charge in [0.15, 0.2) is 0 Å². The average molecular weight is 552 g/mol. The summed E-state index contributed by atoms with van der Waals surface area (Å²) in [6, 6.07) is 19.2. The molecule has 0 saturated carbocycles. The van der Waals surface area contributed by atoms with Crippen LogP contribution < -0.4 is 15.5 Å². The van der Waals surface area contributed by atoms with Crippen LogP contribution in [-0.4, -0.2) is 30.3 Å². The van der Waals surface area contributed by atoms with Crippen LogP contribution in [0.1, 0.15) is 40.5 Å². The first kappa shape index (κ1) is 26.9. The smallest absolute Gasteiger partial charge is 0.338 e. The van der Waals surface area contributed by atoms with E-state index in [1.54, 1.807) is 54.6 Å². The molecule has 3 aromatic carbocycles. The van der Waals surface area contributed by atoms with Crippen molar-refractivity contribution in [3.05, 3.63) is 99.7 Å². The predicted molar refractivity (Wildman–Crippen MR) is 146 cm³/mol. The van der Waals surface area contributed by atoms with Crippen LogP contribution in [0.5, 0.6) is 0 Å². The lowest BCUT2D eigenvalue weighted by molar-refractivity contribution is -0.120. The van der Waals surface area contributed by atoms with E-state index in [2.05, 4.69) is 10.6 Å². The normalized spacial score (nSPS) is 13.1. The van der Waals surface area contributed by atoms with Crippen molar-refractivity contribution in [3.63, 3.8) is 0 Å². The highest BCUT2D eigenvalue weighted by atomic mass is 35.5. The van der Waals surface area contributed by atoms with E-state index in [0.29, 0.717) is 23.5 Å². The molecule has 1 aliphatic heterocycles. The molecule has 0 unspecified atom stereocenters. The third-order valence-corrected chi connectivity index (χ3v) is 6.27. The molecule has 3 amide bonds. The van der Waals surface area contributed by atoms with Gasteiger partial charge in [0.1, 0.15) is 10.7 Å². The molecule has 10 heteroatoms. The highest BCUT2D eigenvalue weighted by Gasteiger charge is 2.39. The van der Waals surface area contributed by atoms with Crippen molar-refractivity contribution >= 4 is 64.0 Å². The molecule has 0 aromatic heterocycles. The first-order valence-electron chi connectivity index (χ1n) is 11.8. The number of carbonyl (C=O) groups excluding carboxylic acids is 4. The summed E-state index contributed by atoms with van der Waals surface area (Å²) in [5.74, 6) is -2.30. The van der Waals surface area contributed by atoms with Crippen molar-refractivity contribution in [2.45, 2.75) is 19.8 Å². The second kappa shape index (κ2) is 11.9. The molecule has 0 radical (unpaired) electrons. The van der Waals surface area contributed by atoms with Gasteiger partial charge in [-0.2, -0.15) is 0 Å². The molecular weight excluding hydrogens is 529 g/mol. The first-order chi connectivity index (χ1) is 18.3. The molecular formula is C28H23Cl2N3O5. The second-order valence-electron chi connectivity index (χ2n) is 8.32. The molecule has 194 valence electrons. The topological polar surface area (TPSA) is 105 Å². The number of ether oxygens (including phenoxy) is 1. The summed E-state index contributed by atoms with van der Waals surface area (Å²) in [6.45, 7) is 2.33. The van der Waals surface area contributed by atoms with Crippen molar-refractivity contribution in [1.29, 1.82) is 0 Å². The summed E-state index contributed by atoms with van der Waals surface area (Å²) < 4.78 is 5.22. The van der Waals surface area contributed by atoms with Crippen LogP contribution in [0, 0.1) is 0 Å². The number of hydrogen-bond donors (Lipinski definition) is 2. The van der Waals surface area contributed by atoms with E-state index in [1.165, 1.54) is 18.2 Å². The summed E-state index contributed by atoms with van der Waals surface area (Å²) in [5.41, 5.74) is 1.44. The van der Waals surface area contributed by atoms with Crippen LogP contribution in [0.3, 0.4) is 0 Å². The molecule has 0 aliphatic carbocycles. The van der Waals surface area contributed by atoms with Gasteiger partial charge in [-0.3, -0.25) is 14.4 Å². The number of esters is 1. The largest absolute Gasteiger partial charge is 0.462 e. The molecule has 1 heterocycles. The number of benzene rings is 3. The summed E-state index contributed by atoms with van der Waals surface area (Å²) in [7, 11) is 0. The van der Waals surface area contributed by atoms with E-state index in [9.17, 15) is 19.2 Å². The van der Waals surface area contributed by atoms with Gasteiger partial charge in [0, 0.05) is 16.9 Å². The number of para-hydroxylation sites is 1. The fourth-order valence-corrected chi connectivity index (χ4v) is 4.10. The molecule has 8 nitrogen and oxygen atoms in total. The number of rotatable bonds is 9. The maximum absolute atomic E-state index is 13.0. The molecule has 2 N–H and O–H groups in total. The summed E-state index contributed by atoms with van der Waals surface area (Å²) in [5, 5.41) is 5.51. The Kier molecular flexibility index (Phi) is 8.45. The molecule has 0 spiro atoms. The maximum Gasteiger partial charge on any atom is 0.338 e. The van der Waals surface area contributed by atoms with Crippen LogP contribution in [0.25, 0.3) is 0 Å². The minimum atomic E-state index is -0.714. The van der Waals surface area contributed by atoms with E-state index >= 15 is 0 Å². The Morgan fingerprint density at radius 3 is 2.29 bits per heavy atom. The van der Waals surface area contributed by atoms with E-state index in [-0.39, 0.29) is 27.0 Å². The number of halogens is 2. The van der Waals surface area contributed by atoms with Crippen molar-refractivity contribution in [1.82, 2.24) is 0 Å². The zero-order valence-electron chi connectivity index (χ0n) is 20.3. The predicted octanol–water partition coefficient (Wildman–Crippen LogP) is 5.98. The third kappa shape index (κ3) is 5.88. The third-order valence-electron chi connectivity index (χ3n) is 5.60. The van der Waals surface area contributed by atoms with Crippen molar-refractivity contribution < 1.29 is 23.9 Å². The monoisotopic (exact) mass is 551 g/mol. The number of nitrogens with zero attached hydrogens (tertiary/aromatic N) is 1. The Labute approximate surface area is 229 Å².